The van der Waals surface area contributed by atoms with Gasteiger partial charge in [-0.3, -0.25) is 14.4 Å². The summed E-state index contributed by atoms with van der Waals surface area (Å²) in [7, 11) is 0. The quantitative estimate of drug-likeness (QED) is 0.299. The van der Waals surface area contributed by atoms with Crippen LogP contribution in [0.1, 0.15) is 65.0 Å². The molecule has 2 aliphatic rings. The molecule has 1 unspecified atom stereocenters. The first kappa shape index (κ1) is 30.3. The van der Waals surface area contributed by atoms with Gasteiger partial charge in [0.05, 0.1) is 16.3 Å². The third-order valence-corrected chi connectivity index (χ3v) is 8.75. The average Bonchev–Trinajstić information content (AvgIpc) is 3.35. The van der Waals surface area contributed by atoms with E-state index in [0.29, 0.717) is 16.3 Å². The van der Waals surface area contributed by atoms with Gasteiger partial charge in [-0.25, -0.2) is 9.18 Å². The molecule has 2 heterocycles. The maximum Gasteiger partial charge on any atom is 0.327 e. The van der Waals surface area contributed by atoms with Gasteiger partial charge in [-0.05, 0) is 59.4 Å². The molecule has 0 radical (unpaired) electrons. The second-order valence-electron chi connectivity index (χ2n) is 12.1. The lowest BCUT2D eigenvalue weighted by Gasteiger charge is -2.40. The van der Waals surface area contributed by atoms with Crippen molar-refractivity contribution >= 4 is 58.3 Å². The largest absolute Gasteiger partial charge is 0.480 e. The van der Waals surface area contributed by atoms with E-state index in [4.69, 9.17) is 34.7 Å². The van der Waals surface area contributed by atoms with E-state index < -0.39 is 58.3 Å². The molecule has 4 atom stereocenters. The molecule has 12 heteroatoms. The Morgan fingerprint density at radius 1 is 1.05 bits per heavy atom. The molecule has 2 aliphatic heterocycles. The van der Waals surface area contributed by atoms with Crippen LogP contribution in [0, 0.1) is 11.2 Å². The number of primary amides is 2. The fourth-order valence-corrected chi connectivity index (χ4v) is 7.05. The van der Waals surface area contributed by atoms with Gasteiger partial charge in [-0.2, -0.15) is 0 Å². The number of carboxylic acids is 1. The molecule has 224 valence electrons. The Kier molecular flexibility index (Phi) is 7.43. The number of carbonyl (C=O) groups is 4. The smallest absolute Gasteiger partial charge is 0.327 e. The number of carboxylic acid groups (broad SMARTS) is 1. The van der Waals surface area contributed by atoms with Crippen molar-refractivity contribution in [2.75, 3.05) is 10.2 Å². The summed E-state index contributed by atoms with van der Waals surface area (Å²) < 4.78 is 16.0. The molecule has 6 N–H and O–H groups in total. The van der Waals surface area contributed by atoms with Crippen molar-refractivity contribution in [3.05, 3.63) is 92.7 Å². The van der Waals surface area contributed by atoms with E-state index in [1.165, 1.54) is 41.3 Å². The minimum absolute atomic E-state index is 0.0202. The van der Waals surface area contributed by atoms with Gasteiger partial charge in [0.15, 0.2) is 0 Å². The highest BCUT2D eigenvalue weighted by molar-refractivity contribution is 6.31. The van der Waals surface area contributed by atoms with Crippen LogP contribution in [0.25, 0.3) is 0 Å². The summed E-state index contributed by atoms with van der Waals surface area (Å²) >= 11 is 12.5. The lowest BCUT2D eigenvalue weighted by molar-refractivity contribution is -0.139. The number of nitrogens with two attached hydrogens (primary N) is 2. The number of benzene rings is 3. The van der Waals surface area contributed by atoms with Crippen LogP contribution in [0.15, 0.2) is 54.6 Å². The van der Waals surface area contributed by atoms with Crippen molar-refractivity contribution in [3.63, 3.8) is 0 Å². The highest BCUT2D eigenvalue weighted by Gasteiger charge is 2.70. The zero-order valence-corrected chi connectivity index (χ0v) is 25.0. The van der Waals surface area contributed by atoms with Gasteiger partial charge in [0.25, 0.3) is 5.91 Å². The number of amides is 3. The number of hydrogen-bond donors (Lipinski definition) is 4. The molecule has 0 aliphatic carbocycles. The molecule has 9 nitrogen and oxygen atoms in total. The average molecular weight is 628 g/mol. The Morgan fingerprint density at radius 3 is 2.35 bits per heavy atom. The number of nitrogens with zero attached hydrogens (tertiary/aromatic N) is 1. The molecule has 0 aromatic heterocycles. The van der Waals surface area contributed by atoms with E-state index in [1.54, 1.807) is 18.2 Å². The number of aliphatic carboxylic acids is 1. The van der Waals surface area contributed by atoms with Gasteiger partial charge in [0.1, 0.15) is 17.3 Å². The van der Waals surface area contributed by atoms with Gasteiger partial charge in [0.2, 0.25) is 11.8 Å². The van der Waals surface area contributed by atoms with Crippen molar-refractivity contribution in [1.29, 1.82) is 0 Å². The third kappa shape index (κ3) is 4.78. The number of halogens is 3. The Hall–Kier alpha value is -4.15. The van der Waals surface area contributed by atoms with Gasteiger partial charge in [0, 0.05) is 28.2 Å². The zero-order valence-electron chi connectivity index (χ0n) is 23.5. The van der Waals surface area contributed by atoms with E-state index in [0.717, 1.165) is 0 Å². The molecule has 0 bridgehead atoms. The van der Waals surface area contributed by atoms with Crippen molar-refractivity contribution < 1.29 is 28.7 Å². The Morgan fingerprint density at radius 2 is 1.74 bits per heavy atom. The van der Waals surface area contributed by atoms with Gasteiger partial charge in [-0.15, -0.1) is 0 Å². The van der Waals surface area contributed by atoms with Crippen LogP contribution in [0.3, 0.4) is 0 Å². The topological polar surface area (TPSA) is 156 Å². The summed E-state index contributed by atoms with van der Waals surface area (Å²) in [6.07, 6.45) is 0.184. The molecule has 0 saturated carbocycles. The fraction of sp³-hybridized carbons (Fsp3) is 0.290. The second kappa shape index (κ2) is 10.5. The first-order valence-electron chi connectivity index (χ1n) is 13.4. The van der Waals surface area contributed by atoms with Crippen LogP contribution in [-0.4, -0.2) is 40.9 Å². The van der Waals surface area contributed by atoms with Gasteiger partial charge < -0.3 is 26.8 Å². The Bertz CT molecular complexity index is 1710. The van der Waals surface area contributed by atoms with Gasteiger partial charge in [-0.1, -0.05) is 62.2 Å². The molecule has 3 aromatic carbocycles. The maximum atomic E-state index is 16.0. The summed E-state index contributed by atoms with van der Waals surface area (Å²) in [6.45, 7) is 5.73. The molecular formula is C31H29Cl2FN4O5. The highest BCUT2D eigenvalue weighted by atomic mass is 35.5. The first-order chi connectivity index (χ1) is 20.1. The molecule has 3 aromatic rings. The number of carbonyl (C=O) groups excluding carboxylic acids is 3. The van der Waals surface area contributed by atoms with Crippen molar-refractivity contribution in [1.82, 2.24) is 0 Å². The summed E-state index contributed by atoms with van der Waals surface area (Å²) in [4.78, 5) is 54.4. The second-order valence-corrected chi connectivity index (χ2v) is 12.9. The summed E-state index contributed by atoms with van der Waals surface area (Å²) in [5.41, 5.74) is 9.55. The maximum absolute atomic E-state index is 16.0. The minimum atomic E-state index is -1.74. The van der Waals surface area contributed by atoms with Crippen LogP contribution < -0.4 is 21.7 Å². The molecular weight excluding hydrogens is 598 g/mol. The van der Waals surface area contributed by atoms with E-state index in [2.05, 4.69) is 5.32 Å². The van der Waals surface area contributed by atoms with Gasteiger partial charge >= 0.3 is 5.97 Å². The summed E-state index contributed by atoms with van der Waals surface area (Å²) in [5.74, 6) is -5.98. The highest BCUT2D eigenvalue weighted by Crippen LogP contribution is 2.61. The van der Waals surface area contributed by atoms with Crippen molar-refractivity contribution in [2.24, 2.45) is 16.9 Å². The Balaban J connectivity index is 1.98. The molecule has 1 saturated heterocycles. The minimum Gasteiger partial charge on any atom is -0.480 e. The predicted molar refractivity (Wildman–Crippen MR) is 161 cm³/mol. The molecule has 5 rings (SSSR count). The number of hydrogen-bond acceptors (Lipinski definition) is 5. The van der Waals surface area contributed by atoms with E-state index >= 15 is 4.39 Å². The Labute approximate surface area is 256 Å². The van der Waals surface area contributed by atoms with E-state index in [1.807, 2.05) is 20.8 Å². The monoisotopic (exact) mass is 626 g/mol. The van der Waals surface area contributed by atoms with Crippen LogP contribution >= 0.6 is 23.2 Å². The third-order valence-electron chi connectivity index (χ3n) is 8.22. The van der Waals surface area contributed by atoms with Crippen molar-refractivity contribution in [2.45, 2.75) is 50.6 Å². The SMILES string of the molecule is CC(C)(C)C[C@@H]1N(c2cc(C(N)=O)ccc2C(N)=O)[C@@H](C(=O)O)[C@H](c2cccc(Cl)c2F)C12C(=O)Nc1cc(Cl)ccc12. The normalized spacial score (nSPS) is 22.9. The predicted octanol–water partition coefficient (Wildman–Crippen LogP) is 5.08. The lowest BCUT2D eigenvalue weighted by Crippen LogP contribution is -2.51. The molecule has 1 spiro atoms. The van der Waals surface area contributed by atoms with Crippen LogP contribution in [-0.2, 0) is 15.0 Å². The number of rotatable bonds is 6. The standard InChI is InChI=1S/C31H29Cl2FN4O5/c1-30(2,3)13-22-31(18-10-8-15(32)12-20(18)37-29(31)43)23(17-5-4-6-19(33)24(17)34)25(28(41)42)38(22)21-11-14(26(35)39)7-9-16(21)27(36)40/h4-12,22-23,25H,13H2,1-3H3,(H2,35,39)(H2,36,40)(H,37,43)(H,41,42)/t22-,23-,25+,31?/m0/s1. The summed E-state index contributed by atoms with van der Waals surface area (Å²) in [5, 5.41) is 13.8. The first-order valence-corrected chi connectivity index (χ1v) is 14.2. The summed E-state index contributed by atoms with van der Waals surface area (Å²) in [6, 6.07) is 10.2. The van der Waals surface area contributed by atoms with E-state index in [-0.39, 0.29) is 33.8 Å². The van der Waals surface area contributed by atoms with Crippen LogP contribution in [0.5, 0.6) is 0 Å². The van der Waals surface area contributed by atoms with Crippen LogP contribution in [0.2, 0.25) is 10.0 Å². The molecule has 3 amide bonds. The van der Waals surface area contributed by atoms with Crippen LogP contribution in [0.4, 0.5) is 15.8 Å². The van der Waals surface area contributed by atoms with Crippen molar-refractivity contribution in [3.8, 4) is 0 Å². The lowest BCUT2D eigenvalue weighted by atomic mass is 9.62. The molecule has 1 fully saturated rings. The number of fused-ring (bicyclic) bond motifs is 2. The molecule has 43 heavy (non-hydrogen) atoms. The fourth-order valence-electron chi connectivity index (χ4n) is 6.70. The van der Waals surface area contributed by atoms with E-state index in [9.17, 15) is 24.3 Å². The zero-order chi connectivity index (χ0) is 31.6. The number of nitrogens with one attached hydrogen (secondary N) is 1. The number of anilines is 2.